The van der Waals surface area contributed by atoms with Crippen LogP contribution in [0.15, 0.2) is 51.7 Å². The fourth-order valence-corrected chi connectivity index (χ4v) is 4.47. The lowest BCUT2D eigenvalue weighted by Gasteiger charge is -2.32. The van der Waals surface area contributed by atoms with Gasteiger partial charge in [0.2, 0.25) is 11.7 Å². The summed E-state index contributed by atoms with van der Waals surface area (Å²) in [6.07, 6.45) is 6.90. The van der Waals surface area contributed by atoms with Crippen molar-refractivity contribution in [2.45, 2.75) is 38.6 Å². The maximum atomic E-state index is 13.4. The van der Waals surface area contributed by atoms with Gasteiger partial charge in [0, 0.05) is 37.8 Å². The summed E-state index contributed by atoms with van der Waals surface area (Å²) >= 11 is 0. The molecule has 4 heterocycles. The number of ether oxygens (including phenoxy) is 1. The number of likely N-dealkylation sites (tertiary alicyclic amines) is 1. The molecule has 4 aromatic rings. The van der Waals surface area contributed by atoms with Gasteiger partial charge in [-0.2, -0.15) is 5.10 Å². The van der Waals surface area contributed by atoms with Gasteiger partial charge in [0.05, 0.1) is 19.0 Å². The number of rotatable bonds is 6. The number of benzene rings is 1. The average Bonchev–Trinajstić information content (AvgIpc) is 3.59. The lowest BCUT2D eigenvalue weighted by Crippen LogP contribution is -2.38. The van der Waals surface area contributed by atoms with Crippen LogP contribution < -0.4 is 4.74 Å². The molecule has 0 aliphatic carbocycles. The first-order valence-corrected chi connectivity index (χ1v) is 11.4. The summed E-state index contributed by atoms with van der Waals surface area (Å²) in [4.78, 5) is 19.7. The van der Waals surface area contributed by atoms with Crippen molar-refractivity contribution in [3.8, 4) is 17.0 Å². The molecular formula is C25H27N5O4. The van der Waals surface area contributed by atoms with E-state index in [9.17, 15) is 4.79 Å². The van der Waals surface area contributed by atoms with E-state index in [0.29, 0.717) is 24.6 Å². The Bertz CT molecular complexity index is 1300. The summed E-state index contributed by atoms with van der Waals surface area (Å²) in [5.74, 6) is 2.09. The van der Waals surface area contributed by atoms with E-state index in [1.165, 1.54) is 0 Å². The molecule has 9 heteroatoms. The Morgan fingerprint density at radius 3 is 2.94 bits per heavy atom. The largest absolute Gasteiger partial charge is 0.497 e. The van der Waals surface area contributed by atoms with Gasteiger partial charge in [-0.3, -0.25) is 9.48 Å². The first kappa shape index (κ1) is 21.9. The SMILES string of the molecule is COc1cccc(Cc2cnc(C3CCCCN3C(=O)c3cc(-c4cn(C)nc4C)no3)o2)c1. The molecule has 1 amide bonds. The number of aryl methyl sites for hydroxylation is 2. The molecule has 0 saturated carbocycles. The van der Waals surface area contributed by atoms with Crippen molar-refractivity contribution in [2.24, 2.45) is 7.05 Å². The maximum absolute atomic E-state index is 13.4. The normalized spacial score (nSPS) is 16.1. The maximum Gasteiger partial charge on any atom is 0.293 e. The molecule has 1 atom stereocenters. The zero-order valence-electron chi connectivity index (χ0n) is 19.5. The monoisotopic (exact) mass is 461 g/mol. The molecule has 9 nitrogen and oxygen atoms in total. The van der Waals surface area contributed by atoms with Gasteiger partial charge >= 0.3 is 0 Å². The van der Waals surface area contributed by atoms with Gasteiger partial charge in [-0.1, -0.05) is 17.3 Å². The predicted octanol–water partition coefficient (Wildman–Crippen LogP) is 4.34. The summed E-state index contributed by atoms with van der Waals surface area (Å²) < 4.78 is 18.6. The zero-order valence-corrected chi connectivity index (χ0v) is 19.5. The van der Waals surface area contributed by atoms with Crippen molar-refractivity contribution in [2.75, 3.05) is 13.7 Å². The predicted molar refractivity (Wildman–Crippen MR) is 123 cm³/mol. The molecule has 0 radical (unpaired) electrons. The van der Waals surface area contributed by atoms with Crippen molar-refractivity contribution in [3.05, 3.63) is 71.4 Å². The second kappa shape index (κ2) is 9.17. The summed E-state index contributed by atoms with van der Waals surface area (Å²) in [5, 5.41) is 8.45. The van der Waals surface area contributed by atoms with Crippen molar-refractivity contribution in [1.29, 1.82) is 0 Å². The van der Waals surface area contributed by atoms with Crippen molar-refractivity contribution in [3.63, 3.8) is 0 Å². The van der Waals surface area contributed by atoms with E-state index in [1.54, 1.807) is 29.0 Å². The quantitative estimate of drug-likeness (QED) is 0.421. The first-order valence-electron chi connectivity index (χ1n) is 11.4. The van der Waals surface area contributed by atoms with Crippen LogP contribution in [0.5, 0.6) is 5.75 Å². The van der Waals surface area contributed by atoms with Gasteiger partial charge in [-0.05, 0) is 43.9 Å². The van der Waals surface area contributed by atoms with Gasteiger partial charge in [0.15, 0.2) is 0 Å². The highest BCUT2D eigenvalue weighted by Gasteiger charge is 2.34. The molecule has 5 rings (SSSR count). The second-order valence-electron chi connectivity index (χ2n) is 8.58. The number of hydrogen-bond donors (Lipinski definition) is 0. The molecule has 1 aliphatic heterocycles. The number of nitrogens with zero attached hydrogens (tertiary/aromatic N) is 5. The Morgan fingerprint density at radius 1 is 1.26 bits per heavy atom. The van der Waals surface area contributed by atoms with Crippen molar-refractivity contribution < 1.29 is 18.5 Å². The minimum atomic E-state index is -0.242. The minimum Gasteiger partial charge on any atom is -0.497 e. The fraction of sp³-hybridized carbons (Fsp3) is 0.360. The standard InChI is InChI=1S/C25H27N5O4/c1-16-20(15-29(2)27-16)21-13-23(34-28-21)25(31)30-10-5-4-9-22(30)24-26-14-19(33-24)12-17-7-6-8-18(11-17)32-3/h6-8,11,13-15,22H,4-5,9-10,12H2,1-3H3. The average molecular weight is 462 g/mol. The summed E-state index contributed by atoms with van der Waals surface area (Å²) in [7, 11) is 3.50. The van der Waals surface area contributed by atoms with Crippen LogP contribution in [0.3, 0.4) is 0 Å². The zero-order chi connectivity index (χ0) is 23.7. The van der Waals surface area contributed by atoms with Gasteiger partial charge in [0.1, 0.15) is 23.2 Å². The third kappa shape index (κ3) is 4.33. The Hall–Kier alpha value is -3.88. The summed E-state index contributed by atoms with van der Waals surface area (Å²) in [6.45, 7) is 2.51. The minimum absolute atomic E-state index is 0.202. The van der Waals surface area contributed by atoms with Crippen LogP contribution >= 0.6 is 0 Å². The number of oxazole rings is 1. The molecule has 1 saturated heterocycles. The van der Waals surface area contributed by atoms with E-state index < -0.39 is 0 Å². The number of amides is 1. The van der Waals surface area contributed by atoms with Crippen LogP contribution in [0, 0.1) is 6.92 Å². The van der Waals surface area contributed by atoms with Crippen LogP contribution in [-0.2, 0) is 13.5 Å². The van der Waals surface area contributed by atoms with Crippen LogP contribution in [0.2, 0.25) is 0 Å². The summed E-state index contributed by atoms with van der Waals surface area (Å²) in [5.41, 5.74) is 3.34. The van der Waals surface area contributed by atoms with E-state index in [0.717, 1.165) is 47.6 Å². The lowest BCUT2D eigenvalue weighted by molar-refractivity contribution is 0.0528. The third-order valence-corrected chi connectivity index (χ3v) is 6.14. The highest BCUT2D eigenvalue weighted by Crippen LogP contribution is 2.33. The van der Waals surface area contributed by atoms with E-state index in [-0.39, 0.29) is 17.7 Å². The van der Waals surface area contributed by atoms with Gasteiger partial charge in [-0.25, -0.2) is 4.98 Å². The second-order valence-corrected chi connectivity index (χ2v) is 8.58. The van der Waals surface area contributed by atoms with E-state index in [2.05, 4.69) is 15.2 Å². The molecule has 1 aliphatic rings. The molecule has 1 unspecified atom stereocenters. The Morgan fingerprint density at radius 2 is 2.15 bits per heavy atom. The van der Waals surface area contributed by atoms with Crippen LogP contribution in [-0.4, -0.2) is 44.4 Å². The molecule has 0 bridgehead atoms. The van der Waals surface area contributed by atoms with Gasteiger partial charge < -0.3 is 18.6 Å². The highest BCUT2D eigenvalue weighted by atomic mass is 16.5. The Labute approximate surface area is 197 Å². The number of hydrogen-bond acceptors (Lipinski definition) is 7. The molecule has 1 aromatic carbocycles. The topological polar surface area (TPSA) is 99.4 Å². The Balaban J connectivity index is 1.35. The number of methoxy groups -OCH3 is 1. The lowest BCUT2D eigenvalue weighted by atomic mass is 10.0. The molecule has 3 aromatic heterocycles. The van der Waals surface area contributed by atoms with Crippen LogP contribution in [0.1, 0.15) is 58.8 Å². The molecule has 1 fully saturated rings. The number of piperidine rings is 1. The third-order valence-electron chi connectivity index (χ3n) is 6.14. The molecule has 176 valence electrons. The molecule has 0 spiro atoms. The first-order chi connectivity index (χ1) is 16.5. The number of aromatic nitrogens is 4. The van der Waals surface area contributed by atoms with Crippen molar-refractivity contribution >= 4 is 5.91 Å². The molecular weight excluding hydrogens is 434 g/mol. The van der Waals surface area contributed by atoms with Gasteiger partial charge in [-0.15, -0.1) is 0 Å². The Kier molecular flexibility index (Phi) is 5.91. The smallest absolute Gasteiger partial charge is 0.293 e. The molecule has 0 N–H and O–H groups in total. The van der Waals surface area contributed by atoms with Crippen LogP contribution in [0.4, 0.5) is 0 Å². The molecule has 34 heavy (non-hydrogen) atoms. The number of carbonyl (C=O) groups excluding carboxylic acids is 1. The fourth-order valence-electron chi connectivity index (χ4n) is 4.47. The van der Waals surface area contributed by atoms with Crippen molar-refractivity contribution in [1.82, 2.24) is 24.8 Å². The van der Waals surface area contributed by atoms with E-state index in [1.807, 2.05) is 44.4 Å². The van der Waals surface area contributed by atoms with E-state index >= 15 is 0 Å². The summed E-state index contributed by atoms with van der Waals surface area (Å²) in [6, 6.07) is 9.30. The van der Waals surface area contributed by atoms with Gasteiger partial charge in [0.25, 0.3) is 5.91 Å². The van der Waals surface area contributed by atoms with Crippen LogP contribution in [0.25, 0.3) is 11.3 Å². The van der Waals surface area contributed by atoms with E-state index in [4.69, 9.17) is 13.7 Å². The highest BCUT2D eigenvalue weighted by molar-refractivity contribution is 5.92. The number of carbonyl (C=O) groups is 1.